The molecule has 0 radical (unpaired) electrons. The molecule has 106 valence electrons. The van der Waals surface area contributed by atoms with Crippen LogP contribution in [0.3, 0.4) is 0 Å². The van der Waals surface area contributed by atoms with Gasteiger partial charge in [-0.05, 0) is 63.3 Å². The highest BCUT2D eigenvalue weighted by atomic mass is 15.2. The van der Waals surface area contributed by atoms with Gasteiger partial charge in [-0.15, -0.1) is 0 Å². The van der Waals surface area contributed by atoms with E-state index in [1.807, 2.05) is 0 Å². The Morgan fingerprint density at radius 1 is 0.889 bits per heavy atom. The highest BCUT2D eigenvalue weighted by molar-refractivity contribution is 4.88. The average molecular weight is 252 g/mol. The molecule has 0 aromatic heterocycles. The fourth-order valence-electron chi connectivity index (χ4n) is 4.42. The Bertz CT molecular complexity index is 235. The molecule has 2 heteroatoms. The molecule has 2 saturated carbocycles. The molecule has 0 bridgehead atoms. The highest BCUT2D eigenvalue weighted by Crippen LogP contribution is 2.34. The molecule has 2 unspecified atom stereocenters. The predicted octanol–water partition coefficient (Wildman–Crippen LogP) is 3.40. The Kier molecular flexibility index (Phi) is 5.08. The summed E-state index contributed by atoms with van der Waals surface area (Å²) in [7, 11) is 0. The second-order valence-electron chi connectivity index (χ2n) is 6.97. The molecule has 0 amide bonds. The molecular weight excluding hydrogens is 220 g/mol. The lowest BCUT2D eigenvalue weighted by Gasteiger charge is -2.44. The van der Waals surface area contributed by atoms with Crippen LogP contribution in [0.4, 0.5) is 0 Å². The van der Waals surface area contributed by atoms with Crippen molar-refractivity contribution in [3.8, 4) is 0 Å². The van der Waals surface area contributed by atoms with Gasteiger partial charge in [0, 0.05) is 18.1 Å². The Morgan fingerprint density at radius 3 is 1.94 bits per heavy atom. The predicted molar refractivity (Wildman–Crippen MR) is 78.6 cm³/mol. The molecule has 2 atom stereocenters. The molecule has 0 aromatic carbocycles. The van der Waals surface area contributed by atoms with Crippen molar-refractivity contribution in [1.29, 1.82) is 0 Å². The second kappa shape index (κ2) is 6.38. The Balaban J connectivity index is 1.95. The molecule has 18 heavy (non-hydrogen) atoms. The first kappa shape index (κ1) is 14.3. The zero-order chi connectivity index (χ0) is 13.1. The number of hydrogen-bond donors (Lipinski definition) is 1. The molecule has 0 saturated heterocycles. The quantitative estimate of drug-likeness (QED) is 0.834. The van der Waals surface area contributed by atoms with Crippen molar-refractivity contribution in [2.75, 3.05) is 6.54 Å². The topological polar surface area (TPSA) is 29.3 Å². The lowest BCUT2D eigenvalue weighted by atomic mass is 9.78. The minimum absolute atomic E-state index is 0.476. The van der Waals surface area contributed by atoms with Crippen molar-refractivity contribution in [3.05, 3.63) is 0 Å². The summed E-state index contributed by atoms with van der Waals surface area (Å²) in [5.74, 6) is 1.83. The van der Waals surface area contributed by atoms with Gasteiger partial charge in [0.05, 0.1) is 0 Å². The van der Waals surface area contributed by atoms with E-state index >= 15 is 0 Å². The van der Waals surface area contributed by atoms with Gasteiger partial charge in [-0.2, -0.15) is 0 Å². The number of rotatable bonds is 3. The molecule has 2 fully saturated rings. The highest BCUT2D eigenvalue weighted by Gasteiger charge is 2.32. The lowest BCUT2D eigenvalue weighted by Crippen LogP contribution is -2.48. The molecule has 0 spiro atoms. The SMILES string of the molecule is CCN(C1CCC(N)CC1)C1CC(C)CC(C)C1. The third kappa shape index (κ3) is 3.48. The van der Waals surface area contributed by atoms with Crippen molar-refractivity contribution >= 4 is 0 Å². The number of nitrogens with two attached hydrogens (primary N) is 1. The molecule has 2 aliphatic rings. The normalized spacial score (nSPS) is 42.2. The standard InChI is InChI=1S/C16H32N2/c1-4-18(15-7-5-14(17)6-8-15)16-10-12(2)9-13(3)11-16/h12-16H,4-11,17H2,1-3H3. The van der Waals surface area contributed by atoms with E-state index in [0.29, 0.717) is 6.04 Å². The van der Waals surface area contributed by atoms with Gasteiger partial charge in [-0.3, -0.25) is 4.90 Å². The number of hydrogen-bond acceptors (Lipinski definition) is 2. The van der Waals surface area contributed by atoms with E-state index in [1.54, 1.807) is 0 Å². The van der Waals surface area contributed by atoms with Crippen LogP contribution in [0.2, 0.25) is 0 Å². The second-order valence-corrected chi connectivity index (χ2v) is 6.97. The van der Waals surface area contributed by atoms with Gasteiger partial charge in [0.25, 0.3) is 0 Å². The first-order valence-corrected chi connectivity index (χ1v) is 8.11. The van der Waals surface area contributed by atoms with Crippen LogP contribution in [0.25, 0.3) is 0 Å². The maximum atomic E-state index is 6.04. The smallest absolute Gasteiger partial charge is 0.0103 e. The van der Waals surface area contributed by atoms with E-state index in [-0.39, 0.29) is 0 Å². The van der Waals surface area contributed by atoms with Gasteiger partial charge >= 0.3 is 0 Å². The maximum Gasteiger partial charge on any atom is 0.0103 e. The summed E-state index contributed by atoms with van der Waals surface area (Å²) in [6.45, 7) is 8.45. The molecule has 0 aromatic rings. The van der Waals surface area contributed by atoms with Crippen molar-refractivity contribution in [2.24, 2.45) is 17.6 Å². The first-order chi connectivity index (χ1) is 8.60. The fourth-order valence-corrected chi connectivity index (χ4v) is 4.42. The largest absolute Gasteiger partial charge is 0.328 e. The summed E-state index contributed by atoms with van der Waals surface area (Å²) in [5.41, 5.74) is 6.04. The Hall–Kier alpha value is -0.0800. The summed E-state index contributed by atoms with van der Waals surface area (Å²) >= 11 is 0. The van der Waals surface area contributed by atoms with Gasteiger partial charge in [0.15, 0.2) is 0 Å². The minimum Gasteiger partial charge on any atom is -0.328 e. The zero-order valence-electron chi connectivity index (χ0n) is 12.6. The Morgan fingerprint density at radius 2 is 1.44 bits per heavy atom. The molecule has 2 nitrogen and oxygen atoms in total. The third-order valence-electron chi connectivity index (χ3n) is 5.20. The van der Waals surface area contributed by atoms with Crippen molar-refractivity contribution in [3.63, 3.8) is 0 Å². The molecule has 2 aliphatic carbocycles. The zero-order valence-corrected chi connectivity index (χ0v) is 12.6. The fraction of sp³-hybridized carbons (Fsp3) is 1.00. The average Bonchev–Trinajstić information content (AvgIpc) is 2.31. The minimum atomic E-state index is 0.476. The van der Waals surface area contributed by atoms with Crippen molar-refractivity contribution in [1.82, 2.24) is 4.90 Å². The van der Waals surface area contributed by atoms with Gasteiger partial charge in [-0.1, -0.05) is 20.8 Å². The van der Waals surface area contributed by atoms with Gasteiger partial charge in [-0.25, -0.2) is 0 Å². The van der Waals surface area contributed by atoms with E-state index in [0.717, 1.165) is 23.9 Å². The number of nitrogens with zero attached hydrogens (tertiary/aromatic N) is 1. The van der Waals surface area contributed by atoms with Crippen LogP contribution in [-0.2, 0) is 0 Å². The van der Waals surface area contributed by atoms with Crippen LogP contribution < -0.4 is 5.73 Å². The van der Waals surface area contributed by atoms with Crippen LogP contribution >= 0.6 is 0 Å². The van der Waals surface area contributed by atoms with Gasteiger partial charge < -0.3 is 5.73 Å². The summed E-state index contributed by atoms with van der Waals surface area (Å²) in [6, 6.07) is 2.13. The lowest BCUT2D eigenvalue weighted by molar-refractivity contribution is 0.0563. The summed E-state index contributed by atoms with van der Waals surface area (Å²) in [5, 5.41) is 0. The van der Waals surface area contributed by atoms with Crippen LogP contribution in [-0.4, -0.2) is 29.6 Å². The first-order valence-electron chi connectivity index (χ1n) is 8.11. The van der Waals surface area contributed by atoms with Crippen LogP contribution in [0.15, 0.2) is 0 Å². The van der Waals surface area contributed by atoms with Crippen molar-refractivity contribution in [2.45, 2.75) is 83.8 Å². The van der Waals surface area contributed by atoms with Crippen LogP contribution in [0.5, 0.6) is 0 Å². The third-order valence-corrected chi connectivity index (χ3v) is 5.20. The summed E-state index contributed by atoms with van der Waals surface area (Å²) in [4.78, 5) is 2.82. The molecule has 0 heterocycles. The monoisotopic (exact) mass is 252 g/mol. The maximum absolute atomic E-state index is 6.04. The summed E-state index contributed by atoms with van der Waals surface area (Å²) < 4.78 is 0. The van der Waals surface area contributed by atoms with E-state index in [2.05, 4.69) is 25.7 Å². The molecular formula is C16H32N2. The molecule has 0 aliphatic heterocycles. The molecule has 2 rings (SSSR count). The van der Waals surface area contributed by atoms with Crippen LogP contribution in [0, 0.1) is 11.8 Å². The van der Waals surface area contributed by atoms with E-state index in [1.165, 1.54) is 51.5 Å². The van der Waals surface area contributed by atoms with E-state index in [4.69, 9.17) is 5.73 Å². The van der Waals surface area contributed by atoms with E-state index < -0.39 is 0 Å². The Labute approximate surface area is 113 Å². The van der Waals surface area contributed by atoms with Crippen molar-refractivity contribution < 1.29 is 0 Å². The van der Waals surface area contributed by atoms with E-state index in [9.17, 15) is 0 Å². The molecule has 2 N–H and O–H groups in total. The van der Waals surface area contributed by atoms with Gasteiger partial charge in [0.2, 0.25) is 0 Å². The summed E-state index contributed by atoms with van der Waals surface area (Å²) in [6.07, 6.45) is 9.39. The van der Waals surface area contributed by atoms with Crippen LogP contribution in [0.1, 0.15) is 65.7 Å². The van der Waals surface area contributed by atoms with Gasteiger partial charge in [0.1, 0.15) is 0 Å².